The van der Waals surface area contributed by atoms with Crippen molar-refractivity contribution in [3.8, 4) is 5.75 Å². The van der Waals surface area contributed by atoms with Crippen molar-refractivity contribution < 1.29 is 24.0 Å². The molecule has 1 saturated heterocycles. The normalized spacial score (nSPS) is 20.1. The molecule has 2 aromatic carbocycles. The van der Waals surface area contributed by atoms with Gasteiger partial charge < -0.3 is 19.3 Å². The van der Waals surface area contributed by atoms with Gasteiger partial charge in [0, 0.05) is 44.0 Å². The van der Waals surface area contributed by atoms with Crippen LogP contribution in [-0.4, -0.2) is 67.6 Å². The molecule has 0 unspecified atom stereocenters. The Kier molecular flexibility index (Phi) is 7.14. The van der Waals surface area contributed by atoms with Crippen LogP contribution in [0.5, 0.6) is 5.75 Å². The van der Waals surface area contributed by atoms with Gasteiger partial charge in [-0.3, -0.25) is 25.0 Å². The van der Waals surface area contributed by atoms with Crippen LogP contribution in [0.2, 0.25) is 0 Å². The number of benzene rings is 2. The van der Waals surface area contributed by atoms with Gasteiger partial charge in [0.15, 0.2) is 5.92 Å². The number of esters is 1. The fraction of sp³-hybridized carbons (Fsp3) is 0.375. The van der Waals surface area contributed by atoms with E-state index in [0.29, 0.717) is 37.7 Å². The monoisotopic (exact) mass is 481 g/mol. The van der Waals surface area contributed by atoms with Crippen molar-refractivity contribution in [1.82, 2.24) is 10.2 Å². The van der Waals surface area contributed by atoms with E-state index in [1.165, 1.54) is 24.3 Å². The van der Waals surface area contributed by atoms with E-state index in [9.17, 15) is 19.7 Å². The first-order valence-electron chi connectivity index (χ1n) is 11.3. The van der Waals surface area contributed by atoms with Crippen molar-refractivity contribution in [3.05, 3.63) is 64.2 Å². The van der Waals surface area contributed by atoms with E-state index in [0.717, 1.165) is 11.4 Å². The summed E-state index contributed by atoms with van der Waals surface area (Å²) in [7, 11) is 1.63. The van der Waals surface area contributed by atoms with Crippen LogP contribution < -0.4 is 15.0 Å². The molecule has 184 valence electrons. The van der Waals surface area contributed by atoms with E-state index in [1.54, 1.807) is 14.0 Å². The predicted octanol–water partition coefficient (Wildman–Crippen LogP) is 2.13. The zero-order valence-corrected chi connectivity index (χ0v) is 19.5. The summed E-state index contributed by atoms with van der Waals surface area (Å²) in [5, 5.41) is 13.8. The maximum Gasteiger partial charge on any atom is 0.321 e. The molecule has 2 heterocycles. The van der Waals surface area contributed by atoms with Crippen LogP contribution in [0, 0.1) is 16.0 Å². The number of carbonyl (C=O) groups excluding carboxylic acids is 2. The summed E-state index contributed by atoms with van der Waals surface area (Å²) >= 11 is 0. The van der Waals surface area contributed by atoms with Gasteiger partial charge in [-0.15, -0.1) is 0 Å². The Bertz CT molecular complexity index is 1110. The molecule has 0 aliphatic carbocycles. The van der Waals surface area contributed by atoms with Gasteiger partial charge in [0.1, 0.15) is 11.8 Å². The number of non-ortho nitro benzene ring substituents is 1. The zero-order chi connectivity index (χ0) is 24.9. The molecule has 11 nitrogen and oxygen atoms in total. The Morgan fingerprint density at radius 3 is 2.29 bits per heavy atom. The highest BCUT2D eigenvalue weighted by atomic mass is 16.6. The standard InChI is InChI=1S/C24H27N5O6/c1-3-35-23(31)20-21(16-4-6-18(7-5-16)29(32)33)25-24(26-22(20)30)28-14-12-27(13-15-28)17-8-10-19(34-2)11-9-17/h4-11,20-21H,3,12-15H2,1-2H3,(H,25,26,30)/t20-,21-/m0/s1. The van der Waals surface area contributed by atoms with Crippen molar-refractivity contribution >= 4 is 29.2 Å². The lowest BCUT2D eigenvalue weighted by molar-refractivity contribution is -0.384. The average molecular weight is 482 g/mol. The molecule has 4 rings (SSSR count). The second kappa shape index (κ2) is 10.4. The summed E-state index contributed by atoms with van der Waals surface area (Å²) in [6, 6.07) is 12.7. The third-order valence-electron chi connectivity index (χ3n) is 6.10. The van der Waals surface area contributed by atoms with E-state index >= 15 is 0 Å². The lowest BCUT2D eigenvalue weighted by Crippen LogP contribution is -2.57. The van der Waals surface area contributed by atoms with Crippen LogP contribution in [-0.2, 0) is 14.3 Å². The maximum absolute atomic E-state index is 13.0. The van der Waals surface area contributed by atoms with Crippen molar-refractivity contribution in [2.75, 3.05) is 44.8 Å². The summed E-state index contributed by atoms with van der Waals surface area (Å²) in [5.74, 6) is -1.19. The highest BCUT2D eigenvalue weighted by molar-refractivity contribution is 6.08. The fourth-order valence-corrected chi connectivity index (χ4v) is 4.23. The third kappa shape index (κ3) is 5.18. The Hall–Kier alpha value is -4.15. The number of carbonyl (C=O) groups is 2. The van der Waals surface area contributed by atoms with Crippen molar-refractivity contribution in [3.63, 3.8) is 0 Å². The number of rotatable bonds is 6. The Morgan fingerprint density at radius 2 is 1.71 bits per heavy atom. The molecule has 1 fully saturated rings. The summed E-state index contributed by atoms with van der Waals surface area (Å²) in [6.45, 7) is 4.44. The summed E-state index contributed by atoms with van der Waals surface area (Å²) in [4.78, 5) is 45.1. The number of aliphatic imine (C=N–C) groups is 1. The van der Waals surface area contributed by atoms with Gasteiger partial charge in [0.05, 0.1) is 18.6 Å². The highest BCUT2D eigenvalue weighted by Crippen LogP contribution is 2.32. The molecule has 11 heteroatoms. The maximum atomic E-state index is 13.0. The second-order valence-electron chi connectivity index (χ2n) is 8.14. The van der Waals surface area contributed by atoms with Crippen LogP contribution in [0.4, 0.5) is 11.4 Å². The van der Waals surface area contributed by atoms with Crippen molar-refractivity contribution in [1.29, 1.82) is 0 Å². The molecule has 0 bridgehead atoms. The van der Waals surface area contributed by atoms with Gasteiger partial charge in [-0.25, -0.2) is 4.99 Å². The molecule has 35 heavy (non-hydrogen) atoms. The topological polar surface area (TPSA) is 127 Å². The van der Waals surface area contributed by atoms with E-state index < -0.39 is 28.8 Å². The first-order valence-corrected chi connectivity index (χ1v) is 11.3. The number of hydrogen-bond donors (Lipinski definition) is 1. The number of nitro groups is 1. The summed E-state index contributed by atoms with van der Waals surface area (Å²) in [5.41, 5.74) is 1.52. The Morgan fingerprint density at radius 1 is 1.09 bits per heavy atom. The number of anilines is 1. The van der Waals surface area contributed by atoms with E-state index in [1.807, 2.05) is 29.2 Å². The molecule has 0 spiro atoms. The van der Waals surface area contributed by atoms with Crippen LogP contribution in [0.25, 0.3) is 0 Å². The lowest BCUT2D eigenvalue weighted by Gasteiger charge is -2.39. The smallest absolute Gasteiger partial charge is 0.321 e. The van der Waals surface area contributed by atoms with Gasteiger partial charge in [0.25, 0.3) is 5.69 Å². The van der Waals surface area contributed by atoms with Crippen LogP contribution in [0.15, 0.2) is 53.5 Å². The van der Waals surface area contributed by atoms with Crippen molar-refractivity contribution in [2.24, 2.45) is 10.9 Å². The third-order valence-corrected chi connectivity index (χ3v) is 6.10. The van der Waals surface area contributed by atoms with Crippen LogP contribution in [0.3, 0.4) is 0 Å². The molecule has 2 aliphatic heterocycles. The van der Waals surface area contributed by atoms with Crippen molar-refractivity contribution in [2.45, 2.75) is 13.0 Å². The molecule has 0 saturated carbocycles. The number of hydrogen-bond acceptors (Lipinski definition) is 9. The minimum Gasteiger partial charge on any atom is -0.497 e. The Balaban J connectivity index is 1.55. The minimum absolute atomic E-state index is 0.0828. The van der Waals surface area contributed by atoms with Crippen LogP contribution >= 0.6 is 0 Å². The molecule has 2 atom stereocenters. The first-order chi connectivity index (χ1) is 16.9. The van der Waals surface area contributed by atoms with E-state index in [4.69, 9.17) is 14.5 Å². The number of nitrogens with zero attached hydrogens (tertiary/aromatic N) is 4. The first kappa shape index (κ1) is 24.0. The second-order valence-corrected chi connectivity index (χ2v) is 8.14. The average Bonchev–Trinajstić information content (AvgIpc) is 2.88. The quantitative estimate of drug-likeness (QED) is 0.288. The zero-order valence-electron chi connectivity index (χ0n) is 19.5. The van der Waals surface area contributed by atoms with E-state index in [-0.39, 0.29) is 12.3 Å². The number of methoxy groups -OCH3 is 1. The number of nitro benzene ring substituents is 1. The SMILES string of the molecule is CCOC(=O)[C@@H]1C(=O)NC(N2CCN(c3ccc(OC)cc3)CC2)=N[C@H]1c1ccc([N+](=O)[O-])cc1. The molecule has 1 amide bonds. The van der Waals surface area contributed by atoms with Gasteiger partial charge >= 0.3 is 5.97 Å². The van der Waals surface area contributed by atoms with Gasteiger partial charge in [-0.05, 0) is 36.8 Å². The molecule has 0 radical (unpaired) electrons. The minimum atomic E-state index is -1.18. The number of amides is 1. The molecular formula is C24H27N5O6. The number of nitrogens with one attached hydrogen (secondary N) is 1. The van der Waals surface area contributed by atoms with Gasteiger partial charge in [-0.2, -0.15) is 0 Å². The summed E-state index contributed by atoms with van der Waals surface area (Å²) < 4.78 is 10.3. The number of piperazine rings is 1. The molecule has 2 aromatic rings. The van der Waals surface area contributed by atoms with Crippen LogP contribution in [0.1, 0.15) is 18.5 Å². The largest absolute Gasteiger partial charge is 0.497 e. The molecule has 1 N–H and O–H groups in total. The highest BCUT2D eigenvalue weighted by Gasteiger charge is 2.42. The molecular weight excluding hydrogens is 454 g/mol. The van der Waals surface area contributed by atoms with Gasteiger partial charge in [-0.1, -0.05) is 12.1 Å². The van der Waals surface area contributed by atoms with Gasteiger partial charge in [0.2, 0.25) is 11.9 Å². The fourth-order valence-electron chi connectivity index (χ4n) is 4.23. The number of ether oxygens (including phenoxy) is 2. The molecule has 2 aliphatic rings. The van der Waals surface area contributed by atoms with E-state index in [2.05, 4.69) is 10.2 Å². The summed E-state index contributed by atoms with van der Waals surface area (Å²) in [6.07, 6.45) is 0. The number of guanidine groups is 1. The Labute approximate surface area is 202 Å². The predicted molar refractivity (Wildman–Crippen MR) is 128 cm³/mol. The molecule has 0 aromatic heterocycles. The lowest BCUT2D eigenvalue weighted by atomic mass is 9.91.